The van der Waals surface area contributed by atoms with Crippen LogP contribution in [-0.2, 0) is 9.59 Å². The summed E-state index contributed by atoms with van der Waals surface area (Å²) < 4.78 is 0. The molecule has 2 saturated heterocycles. The van der Waals surface area contributed by atoms with Gasteiger partial charge in [-0.2, -0.15) is 0 Å². The maximum absolute atomic E-state index is 12.9. The number of benzene rings is 1. The fraction of sp³-hybridized carbons (Fsp3) is 0.600. The molecule has 2 heterocycles. The zero-order chi connectivity index (χ0) is 18.1. The molecule has 0 bridgehead atoms. The van der Waals surface area contributed by atoms with Gasteiger partial charge in [-0.1, -0.05) is 26.0 Å². The number of carbonyl (C=O) groups is 2. The normalized spacial score (nSPS) is 26.8. The summed E-state index contributed by atoms with van der Waals surface area (Å²) >= 11 is 0. The summed E-state index contributed by atoms with van der Waals surface area (Å²) in [6.07, 6.45) is 1.53. The number of amides is 2. The predicted molar refractivity (Wildman–Crippen MR) is 99.3 cm³/mol. The van der Waals surface area contributed by atoms with Crippen LogP contribution in [0.25, 0.3) is 0 Å². The van der Waals surface area contributed by atoms with Gasteiger partial charge >= 0.3 is 0 Å². The molecule has 0 aromatic heterocycles. The van der Waals surface area contributed by atoms with Crippen molar-refractivity contribution in [2.75, 3.05) is 24.5 Å². The molecule has 3 atom stereocenters. The molecule has 1 aromatic rings. The van der Waals surface area contributed by atoms with E-state index in [1.807, 2.05) is 17.0 Å². The molecule has 2 aliphatic heterocycles. The number of nitrogens with two attached hydrogens (primary N) is 1. The molecule has 3 rings (SSSR count). The lowest BCUT2D eigenvalue weighted by molar-refractivity contribution is -0.140. The zero-order valence-corrected chi connectivity index (χ0v) is 15.4. The second kappa shape index (κ2) is 7.16. The van der Waals surface area contributed by atoms with E-state index in [-0.39, 0.29) is 17.9 Å². The minimum atomic E-state index is -0.538. The molecule has 1 aromatic carbocycles. The van der Waals surface area contributed by atoms with Crippen LogP contribution < -0.4 is 10.6 Å². The van der Waals surface area contributed by atoms with Gasteiger partial charge in [0, 0.05) is 24.8 Å². The second-order valence-corrected chi connectivity index (χ2v) is 7.75. The van der Waals surface area contributed by atoms with Crippen molar-refractivity contribution in [1.82, 2.24) is 4.90 Å². The van der Waals surface area contributed by atoms with E-state index in [0.717, 1.165) is 12.1 Å². The molecule has 2 fully saturated rings. The molecule has 5 heteroatoms. The molecule has 0 aliphatic carbocycles. The molecule has 0 saturated carbocycles. The summed E-state index contributed by atoms with van der Waals surface area (Å²) in [6.45, 7) is 8.24. The number of carbonyl (C=O) groups excluding carboxylic acids is 2. The number of anilines is 1. The van der Waals surface area contributed by atoms with E-state index in [1.165, 1.54) is 5.56 Å². The van der Waals surface area contributed by atoms with Crippen LogP contribution in [0, 0.1) is 11.8 Å². The Morgan fingerprint density at radius 3 is 2.52 bits per heavy atom. The lowest BCUT2D eigenvalue weighted by Crippen LogP contribution is -2.42. The maximum Gasteiger partial charge on any atom is 0.239 e. The van der Waals surface area contributed by atoms with Crippen LogP contribution in [0.15, 0.2) is 24.3 Å². The number of hydrogen-bond donors (Lipinski definition) is 1. The molecule has 0 radical (unpaired) electrons. The van der Waals surface area contributed by atoms with Crippen LogP contribution in [0.3, 0.4) is 0 Å². The molecule has 0 spiro atoms. The van der Waals surface area contributed by atoms with E-state index in [9.17, 15) is 9.59 Å². The van der Waals surface area contributed by atoms with E-state index >= 15 is 0 Å². The highest BCUT2D eigenvalue weighted by Crippen LogP contribution is 2.31. The molecule has 25 heavy (non-hydrogen) atoms. The van der Waals surface area contributed by atoms with Crippen LogP contribution in [0.5, 0.6) is 0 Å². The molecular weight excluding hydrogens is 314 g/mol. The van der Waals surface area contributed by atoms with Crippen molar-refractivity contribution in [1.29, 1.82) is 0 Å². The predicted octanol–water partition coefficient (Wildman–Crippen LogP) is 2.36. The SMILES string of the molecule is CC(C)c1ccc(N2CCC(C(=O)N3CC(CN)CC3C)C2=O)cc1. The molecule has 2 N–H and O–H groups in total. The van der Waals surface area contributed by atoms with Gasteiger partial charge < -0.3 is 15.5 Å². The molecule has 3 unspecified atom stereocenters. The fourth-order valence-corrected chi connectivity index (χ4v) is 4.02. The Labute approximate surface area is 150 Å². The van der Waals surface area contributed by atoms with Crippen LogP contribution in [0.1, 0.15) is 45.1 Å². The van der Waals surface area contributed by atoms with Gasteiger partial charge in [0.15, 0.2) is 0 Å². The van der Waals surface area contributed by atoms with Crippen LogP contribution in [-0.4, -0.2) is 42.4 Å². The molecular formula is C20H29N3O2. The summed E-state index contributed by atoms with van der Waals surface area (Å²) in [5.41, 5.74) is 7.90. The maximum atomic E-state index is 12.9. The number of hydrogen-bond acceptors (Lipinski definition) is 3. The third-order valence-corrected chi connectivity index (χ3v) is 5.65. The summed E-state index contributed by atoms with van der Waals surface area (Å²) in [7, 11) is 0. The molecule has 2 amide bonds. The highest BCUT2D eigenvalue weighted by Gasteiger charge is 2.43. The Kier molecular flexibility index (Phi) is 5.13. The standard InChI is InChI=1S/C20H29N3O2/c1-13(2)16-4-6-17(7-5-16)22-9-8-18(19(22)24)20(25)23-12-15(11-21)10-14(23)3/h4-7,13-15,18H,8-12,21H2,1-3H3. The van der Waals surface area contributed by atoms with Crippen molar-refractivity contribution < 1.29 is 9.59 Å². The Balaban J connectivity index is 1.70. The van der Waals surface area contributed by atoms with Crippen molar-refractivity contribution in [2.24, 2.45) is 17.6 Å². The Bertz CT molecular complexity index is 641. The quantitative estimate of drug-likeness (QED) is 0.854. The summed E-state index contributed by atoms with van der Waals surface area (Å²) in [5, 5.41) is 0. The van der Waals surface area contributed by atoms with Crippen molar-refractivity contribution >= 4 is 17.5 Å². The van der Waals surface area contributed by atoms with Gasteiger partial charge in [0.2, 0.25) is 11.8 Å². The first-order valence-electron chi connectivity index (χ1n) is 9.34. The number of nitrogens with zero attached hydrogens (tertiary/aromatic N) is 2. The minimum Gasteiger partial charge on any atom is -0.339 e. The first kappa shape index (κ1) is 17.9. The number of rotatable bonds is 4. The van der Waals surface area contributed by atoms with Gasteiger partial charge in [-0.3, -0.25) is 9.59 Å². The third-order valence-electron chi connectivity index (χ3n) is 5.65. The van der Waals surface area contributed by atoms with Gasteiger partial charge in [-0.25, -0.2) is 0 Å². The average Bonchev–Trinajstić information content (AvgIpc) is 3.17. The van der Waals surface area contributed by atoms with E-state index < -0.39 is 5.92 Å². The average molecular weight is 343 g/mol. The molecule has 5 nitrogen and oxygen atoms in total. The Morgan fingerprint density at radius 1 is 1.28 bits per heavy atom. The zero-order valence-electron chi connectivity index (χ0n) is 15.4. The van der Waals surface area contributed by atoms with Gasteiger partial charge in [-0.15, -0.1) is 0 Å². The van der Waals surface area contributed by atoms with Crippen LogP contribution >= 0.6 is 0 Å². The monoisotopic (exact) mass is 343 g/mol. The lowest BCUT2D eigenvalue weighted by atomic mass is 10.0. The third kappa shape index (κ3) is 3.43. The first-order chi connectivity index (χ1) is 11.9. The van der Waals surface area contributed by atoms with Gasteiger partial charge in [0.1, 0.15) is 5.92 Å². The fourth-order valence-electron chi connectivity index (χ4n) is 4.02. The highest BCUT2D eigenvalue weighted by atomic mass is 16.2. The summed E-state index contributed by atoms with van der Waals surface area (Å²) in [5.74, 6) is 0.198. The topological polar surface area (TPSA) is 66.6 Å². The van der Waals surface area contributed by atoms with Gasteiger partial charge in [0.25, 0.3) is 0 Å². The van der Waals surface area contributed by atoms with E-state index in [1.54, 1.807) is 4.90 Å². The van der Waals surface area contributed by atoms with Gasteiger partial charge in [0.05, 0.1) is 0 Å². The van der Waals surface area contributed by atoms with E-state index in [2.05, 4.69) is 32.9 Å². The number of likely N-dealkylation sites (tertiary alicyclic amines) is 1. The first-order valence-corrected chi connectivity index (χ1v) is 9.34. The summed E-state index contributed by atoms with van der Waals surface area (Å²) in [4.78, 5) is 29.3. The van der Waals surface area contributed by atoms with Crippen LogP contribution in [0.2, 0.25) is 0 Å². The van der Waals surface area contributed by atoms with Crippen LogP contribution in [0.4, 0.5) is 5.69 Å². The van der Waals surface area contributed by atoms with Crippen molar-refractivity contribution in [3.05, 3.63) is 29.8 Å². The Hall–Kier alpha value is -1.88. The smallest absolute Gasteiger partial charge is 0.239 e. The van der Waals surface area contributed by atoms with Crippen molar-refractivity contribution in [3.8, 4) is 0 Å². The summed E-state index contributed by atoms with van der Waals surface area (Å²) in [6, 6.07) is 8.29. The molecule has 2 aliphatic rings. The largest absolute Gasteiger partial charge is 0.339 e. The molecule has 136 valence electrons. The van der Waals surface area contributed by atoms with Crippen molar-refractivity contribution in [3.63, 3.8) is 0 Å². The Morgan fingerprint density at radius 2 is 1.96 bits per heavy atom. The second-order valence-electron chi connectivity index (χ2n) is 7.75. The van der Waals surface area contributed by atoms with E-state index in [0.29, 0.717) is 37.9 Å². The van der Waals surface area contributed by atoms with Crippen molar-refractivity contribution in [2.45, 2.75) is 45.6 Å². The highest BCUT2D eigenvalue weighted by molar-refractivity contribution is 6.09. The van der Waals surface area contributed by atoms with E-state index in [4.69, 9.17) is 5.73 Å². The van der Waals surface area contributed by atoms with Gasteiger partial charge in [-0.05, 0) is 55.8 Å². The minimum absolute atomic E-state index is 0.0187. The lowest BCUT2D eigenvalue weighted by Gasteiger charge is -2.24.